The van der Waals surface area contributed by atoms with Crippen molar-refractivity contribution in [2.45, 2.75) is 6.10 Å². The fourth-order valence-electron chi connectivity index (χ4n) is 1.27. The third kappa shape index (κ3) is 2.37. The lowest BCUT2D eigenvalue weighted by molar-refractivity contribution is 0.103. The summed E-state index contributed by atoms with van der Waals surface area (Å²) in [6, 6.07) is 6.10. The number of benzene rings is 1. The fourth-order valence-corrected chi connectivity index (χ4v) is 1.27. The summed E-state index contributed by atoms with van der Waals surface area (Å²) in [7, 11) is 0. The lowest BCUT2D eigenvalue weighted by atomic mass is 10.3. The molecule has 1 fully saturated rings. The predicted molar refractivity (Wildman–Crippen MR) is 50.2 cm³/mol. The van der Waals surface area contributed by atoms with E-state index in [2.05, 4.69) is 5.32 Å². The Morgan fingerprint density at radius 2 is 2.33 bits per heavy atom. The van der Waals surface area contributed by atoms with E-state index in [1.165, 1.54) is 12.1 Å². The van der Waals surface area contributed by atoms with Crippen LogP contribution in [-0.4, -0.2) is 25.3 Å². The first kappa shape index (κ1) is 9.76. The van der Waals surface area contributed by atoms with Gasteiger partial charge in [0.05, 0.1) is 6.54 Å². The Morgan fingerprint density at radius 3 is 3.00 bits per heavy atom. The minimum Gasteiger partial charge on any atom is -0.487 e. The Bertz CT molecular complexity index is 369. The van der Waals surface area contributed by atoms with E-state index in [9.17, 15) is 9.18 Å². The Balaban J connectivity index is 1.88. The van der Waals surface area contributed by atoms with Crippen molar-refractivity contribution in [3.8, 4) is 5.75 Å². The number of alkyl carbamates (subject to hydrolysis) is 1. The van der Waals surface area contributed by atoms with Crippen molar-refractivity contribution >= 4 is 6.09 Å². The van der Waals surface area contributed by atoms with Crippen molar-refractivity contribution in [3.63, 3.8) is 0 Å². The van der Waals surface area contributed by atoms with Gasteiger partial charge in [-0.15, -0.1) is 0 Å². The number of halogens is 1. The lowest BCUT2D eigenvalue weighted by Gasteiger charge is -2.10. The van der Waals surface area contributed by atoms with Gasteiger partial charge < -0.3 is 14.8 Å². The molecule has 0 spiro atoms. The van der Waals surface area contributed by atoms with Gasteiger partial charge in [0.2, 0.25) is 0 Å². The van der Waals surface area contributed by atoms with Crippen LogP contribution in [-0.2, 0) is 4.74 Å². The van der Waals surface area contributed by atoms with E-state index in [1.807, 2.05) is 0 Å². The molecule has 0 aromatic heterocycles. The number of para-hydroxylation sites is 1. The average molecular weight is 211 g/mol. The third-order valence-corrected chi connectivity index (χ3v) is 2.01. The van der Waals surface area contributed by atoms with Crippen LogP contribution in [0.2, 0.25) is 0 Å². The molecule has 1 aliphatic heterocycles. The number of carbonyl (C=O) groups is 1. The van der Waals surface area contributed by atoms with Crippen LogP contribution in [0.1, 0.15) is 0 Å². The minimum atomic E-state index is -0.461. The molecule has 0 radical (unpaired) electrons. The number of carbonyl (C=O) groups excluding carboxylic acids is 1. The molecule has 1 atom stereocenters. The van der Waals surface area contributed by atoms with Crippen molar-refractivity contribution in [2.24, 2.45) is 0 Å². The lowest BCUT2D eigenvalue weighted by Crippen LogP contribution is -2.22. The maximum Gasteiger partial charge on any atom is 0.407 e. The molecule has 0 saturated carbocycles. The van der Waals surface area contributed by atoms with Crippen molar-refractivity contribution < 1.29 is 18.7 Å². The zero-order valence-corrected chi connectivity index (χ0v) is 7.90. The number of ether oxygens (including phenoxy) is 2. The van der Waals surface area contributed by atoms with Gasteiger partial charge in [0, 0.05) is 0 Å². The topological polar surface area (TPSA) is 47.6 Å². The summed E-state index contributed by atoms with van der Waals surface area (Å²) in [6.07, 6.45) is -0.811. The highest BCUT2D eigenvalue weighted by Gasteiger charge is 2.23. The van der Waals surface area contributed by atoms with Crippen LogP contribution < -0.4 is 10.1 Å². The molecule has 1 heterocycles. The molecule has 4 nitrogen and oxygen atoms in total. The second kappa shape index (κ2) is 4.16. The molecule has 1 saturated heterocycles. The highest BCUT2D eigenvalue weighted by atomic mass is 19.1. The zero-order valence-electron chi connectivity index (χ0n) is 7.90. The Kier molecular flexibility index (Phi) is 2.71. The molecule has 15 heavy (non-hydrogen) atoms. The normalized spacial score (nSPS) is 19.5. The molecule has 80 valence electrons. The van der Waals surface area contributed by atoms with E-state index in [0.29, 0.717) is 6.54 Å². The molecule has 1 unspecified atom stereocenters. The van der Waals surface area contributed by atoms with Crippen LogP contribution in [0.3, 0.4) is 0 Å². The van der Waals surface area contributed by atoms with Crippen LogP contribution in [0.4, 0.5) is 9.18 Å². The molecule has 0 aliphatic carbocycles. The maximum atomic E-state index is 13.1. The van der Waals surface area contributed by atoms with Crippen LogP contribution in [0.5, 0.6) is 5.75 Å². The van der Waals surface area contributed by atoms with E-state index in [4.69, 9.17) is 9.47 Å². The fraction of sp³-hybridized carbons (Fsp3) is 0.300. The van der Waals surface area contributed by atoms with Gasteiger partial charge in [-0.2, -0.15) is 0 Å². The average Bonchev–Trinajstić information content (AvgIpc) is 2.63. The smallest absolute Gasteiger partial charge is 0.407 e. The Morgan fingerprint density at radius 1 is 1.53 bits per heavy atom. The molecular formula is C10H10FNO3. The number of nitrogens with one attached hydrogen (secondary N) is 1. The number of hydrogen-bond donors (Lipinski definition) is 1. The maximum absolute atomic E-state index is 13.1. The molecule has 0 bridgehead atoms. The van der Waals surface area contributed by atoms with Gasteiger partial charge >= 0.3 is 6.09 Å². The first-order valence-electron chi connectivity index (χ1n) is 4.57. The Hall–Kier alpha value is -1.78. The summed E-state index contributed by atoms with van der Waals surface area (Å²) in [6.45, 7) is 0.549. The van der Waals surface area contributed by atoms with Gasteiger partial charge in [0.15, 0.2) is 17.7 Å². The van der Waals surface area contributed by atoms with Gasteiger partial charge in [-0.3, -0.25) is 0 Å². The number of amides is 1. The molecule has 5 heteroatoms. The molecule has 1 amide bonds. The SMILES string of the molecule is O=C1NCC(COc2ccccc2F)O1. The highest BCUT2D eigenvalue weighted by molar-refractivity contribution is 5.69. The molecule has 2 rings (SSSR count). The second-order valence-corrected chi connectivity index (χ2v) is 3.15. The summed E-state index contributed by atoms with van der Waals surface area (Å²) in [5.74, 6) is -0.254. The number of hydrogen-bond acceptors (Lipinski definition) is 3. The van der Waals surface area contributed by atoms with Crippen molar-refractivity contribution in [1.82, 2.24) is 5.32 Å². The van der Waals surface area contributed by atoms with E-state index in [1.54, 1.807) is 12.1 Å². The summed E-state index contributed by atoms with van der Waals surface area (Å²) in [4.78, 5) is 10.7. The van der Waals surface area contributed by atoms with Crippen LogP contribution in [0.25, 0.3) is 0 Å². The summed E-state index contributed by atoms with van der Waals surface area (Å²) >= 11 is 0. The largest absolute Gasteiger partial charge is 0.487 e. The minimum absolute atomic E-state index is 0.152. The van der Waals surface area contributed by atoms with Crippen LogP contribution in [0.15, 0.2) is 24.3 Å². The summed E-state index contributed by atoms with van der Waals surface area (Å²) in [5, 5.41) is 2.49. The van der Waals surface area contributed by atoms with Gasteiger partial charge in [0.25, 0.3) is 0 Å². The van der Waals surface area contributed by atoms with Gasteiger partial charge in [-0.05, 0) is 12.1 Å². The van der Waals surface area contributed by atoms with Crippen molar-refractivity contribution in [2.75, 3.05) is 13.2 Å². The summed E-state index contributed by atoms with van der Waals surface area (Å²) in [5.41, 5.74) is 0. The van der Waals surface area contributed by atoms with Gasteiger partial charge in [-0.1, -0.05) is 12.1 Å². The second-order valence-electron chi connectivity index (χ2n) is 3.15. The third-order valence-electron chi connectivity index (χ3n) is 2.01. The van der Waals surface area contributed by atoms with E-state index in [-0.39, 0.29) is 18.5 Å². The first-order valence-corrected chi connectivity index (χ1v) is 4.57. The van der Waals surface area contributed by atoms with E-state index >= 15 is 0 Å². The van der Waals surface area contributed by atoms with Crippen molar-refractivity contribution in [3.05, 3.63) is 30.1 Å². The standard InChI is InChI=1S/C10H10FNO3/c11-8-3-1-2-4-9(8)14-6-7-5-12-10(13)15-7/h1-4,7H,5-6H2,(H,12,13). The van der Waals surface area contributed by atoms with E-state index in [0.717, 1.165) is 0 Å². The number of cyclic esters (lactones) is 1. The zero-order chi connectivity index (χ0) is 10.7. The molecule has 1 aliphatic rings. The quantitative estimate of drug-likeness (QED) is 0.820. The molecule has 1 aromatic carbocycles. The molecular weight excluding hydrogens is 201 g/mol. The summed E-state index contributed by atoms with van der Waals surface area (Å²) < 4.78 is 23.1. The van der Waals surface area contributed by atoms with E-state index < -0.39 is 11.9 Å². The first-order chi connectivity index (χ1) is 7.25. The van der Waals surface area contributed by atoms with Crippen molar-refractivity contribution in [1.29, 1.82) is 0 Å². The monoisotopic (exact) mass is 211 g/mol. The van der Waals surface area contributed by atoms with Crippen LogP contribution >= 0.6 is 0 Å². The van der Waals surface area contributed by atoms with Gasteiger partial charge in [-0.25, -0.2) is 9.18 Å². The molecule has 1 N–H and O–H groups in total. The predicted octanol–water partition coefficient (Wildman–Crippen LogP) is 1.31. The van der Waals surface area contributed by atoms with Crippen LogP contribution in [0, 0.1) is 5.82 Å². The Labute approximate surface area is 86.0 Å². The van der Waals surface area contributed by atoms with Gasteiger partial charge in [0.1, 0.15) is 6.61 Å². The number of rotatable bonds is 3. The molecule has 1 aromatic rings. The highest BCUT2D eigenvalue weighted by Crippen LogP contribution is 2.16.